The van der Waals surface area contributed by atoms with Gasteiger partial charge in [0, 0.05) is 18.7 Å². The Hall–Kier alpha value is -1.99. The van der Waals surface area contributed by atoms with Gasteiger partial charge in [-0.2, -0.15) is 0 Å². The van der Waals surface area contributed by atoms with Crippen molar-refractivity contribution in [1.29, 1.82) is 0 Å². The van der Waals surface area contributed by atoms with Crippen LogP contribution in [0.4, 0.5) is 15.8 Å². The maximum atomic E-state index is 15.6. The molecular formula is C38H54BrFN2O2S. The minimum atomic E-state index is -0.428. The summed E-state index contributed by atoms with van der Waals surface area (Å²) in [6.07, 6.45) is 24.5. The maximum Gasteiger partial charge on any atom is 0.260 e. The van der Waals surface area contributed by atoms with Crippen LogP contribution in [0.3, 0.4) is 0 Å². The lowest BCUT2D eigenvalue weighted by molar-refractivity contribution is -0.114. The van der Waals surface area contributed by atoms with Crippen LogP contribution in [-0.2, 0) is 9.59 Å². The molecule has 0 unspecified atom stereocenters. The van der Waals surface area contributed by atoms with E-state index >= 15 is 4.39 Å². The molecule has 2 aliphatic heterocycles. The number of unbranched alkanes of at least 4 members (excludes halogenated alkanes) is 18. The van der Waals surface area contributed by atoms with E-state index in [4.69, 9.17) is 0 Å². The van der Waals surface area contributed by atoms with Crippen molar-refractivity contribution < 1.29 is 14.0 Å². The largest absolute Gasteiger partial charge is 0.307 e. The van der Waals surface area contributed by atoms with Crippen LogP contribution in [0.5, 0.6) is 0 Å². The first-order valence-corrected chi connectivity index (χ1v) is 19.6. The molecular weight excluding hydrogens is 647 g/mol. The molecule has 2 aliphatic rings. The van der Waals surface area contributed by atoms with Crippen molar-refractivity contribution in [3.63, 3.8) is 0 Å². The summed E-state index contributed by atoms with van der Waals surface area (Å²) in [6, 6.07) is 5.43. The van der Waals surface area contributed by atoms with Gasteiger partial charge < -0.3 is 9.80 Å². The lowest BCUT2D eigenvalue weighted by Crippen LogP contribution is -2.30. The van der Waals surface area contributed by atoms with E-state index in [2.05, 4.69) is 29.8 Å². The fourth-order valence-corrected chi connectivity index (χ4v) is 8.07. The molecule has 1 aromatic heterocycles. The second-order valence-corrected chi connectivity index (χ2v) is 14.7. The molecule has 3 heterocycles. The van der Waals surface area contributed by atoms with Gasteiger partial charge in [-0.1, -0.05) is 135 Å². The Balaban J connectivity index is 1.33. The number of thiophene rings is 1. The Kier molecular flexibility index (Phi) is 15.1. The molecule has 0 spiro atoms. The Labute approximate surface area is 284 Å². The first kappa shape index (κ1) is 35.9. The number of carbonyl (C=O) groups is 2. The summed E-state index contributed by atoms with van der Waals surface area (Å²) in [5.74, 6) is -0.801. The molecule has 0 N–H and O–H groups in total. The highest BCUT2D eigenvalue weighted by Crippen LogP contribution is 2.50. The van der Waals surface area contributed by atoms with Gasteiger partial charge in [-0.15, -0.1) is 11.3 Å². The first-order valence-electron chi connectivity index (χ1n) is 17.9. The number of carbonyl (C=O) groups excluding carboxylic acids is 2. The third-order valence-electron chi connectivity index (χ3n) is 9.41. The molecule has 0 saturated heterocycles. The van der Waals surface area contributed by atoms with Crippen LogP contribution in [0, 0.1) is 5.82 Å². The Bertz CT molecular complexity index is 1290. The highest BCUT2D eigenvalue weighted by Gasteiger charge is 2.43. The Morgan fingerprint density at radius 1 is 0.622 bits per heavy atom. The van der Waals surface area contributed by atoms with Crippen molar-refractivity contribution in [2.75, 3.05) is 22.9 Å². The summed E-state index contributed by atoms with van der Waals surface area (Å²) in [4.78, 5) is 32.2. The fraction of sp³-hybridized carbons (Fsp3) is 0.632. The summed E-state index contributed by atoms with van der Waals surface area (Å²) >= 11 is 4.83. The van der Waals surface area contributed by atoms with Gasteiger partial charge in [0.05, 0.1) is 31.9 Å². The van der Waals surface area contributed by atoms with Gasteiger partial charge in [0.25, 0.3) is 11.8 Å². The minimum Gasteiger partial charge on any atom is -0.307 e. The van der Waals surface area contributed by atoms with Gasteiger partial charge in [0.15, 0.2) is 5.82 Å². The summed E-state index contributed by atoms with van der Waals surface area (Å²) in [5, 5.41) is 1.99. The van der Waals surface area contributed by atoms with Crippen LogP contribution < -0.4 is 9.80 Å². The Morgan fingerprint density at radius 2 is 1.09 bits per heavy atom. The number of benzene rings is 1. The minimum absolute atomic E-state index is 0.124. The quantitative estimate of drug-likeness (QED) is 0.0906. The van der Waals surface area contributed by atoms with E-state index in [9.17, 15) is 9.59 Å². The second-order valence-electron chi connectivity index (χ2n) is 12.9. The zero-order valence-electron chi connectivity index (χ0n) is 27.7. The molecule has 0 fully saturated rings. The molecule has 7 heteroatoms. The fourth-order valence-electron chi connectivity index (χ4n) is 6.81. The van der Waals surface area contributed by atoms with Gasteiger partial charge in [-0.05, 0) is 46.3 Å². The number of hydrogen-bond donors (Lipinski definition) is 0. The topological polar surface area (TPSA) is 40.6 Å². The highest BCUT2D eigenvalue weighted by molar-refractivity contribution is 9.10. The molecule has 1 aromatic carbocycles. The number of fused-ring (bicyclic) bond motifs is 2. The normalized spacial score (nSPS) is 15.9. The van der Waals surface area contributed by atoms with Crippen molar-refractivity contribution in [1.82, 2.24) is 0 Å². The molecule has 0 bridgehead atoms. The smallest absolute Gasteiger partial charge is 0.260 e. The average Bonchev–Trinajstić information content (AvgIpc) is 3.68. The average molecular weight is 702 g/mol. The molecule has 0 saturated carbocycles. The lowest BCUT2D eigenvalue weighted by atomic mass is 10.0. The third-order valence-corrected chi connectivity index (χ3v) is 10.9. The summed E-state index contributed by atoms with van der Waals surface area (Å²) < 4.78 is 16.0. The van der Waals surface area contributed by atoms with Crippen molar-refractivity contribution in [3.05, 3.63) is 44.3 Å². The van der Waals surface area contributed by atoms with Crippen LogP contribution in [0.15, 0.2) is 28.1 Å². The van der Waals surface area contributed by atoms with E-state index in [1.54, 1.807) is 17.0 Å². The lowest BCUT2D eigenvalue weighted by Gasteiger charge is -2.18. The third kappa shape index (κ3) is 9.31. The molecule has 2 aromatic rings. The standard InChI is InChI=1S/C38H54BrFN2O2S/c1-3-5-7-9-11-12-13-14-15-16-17-18-20-22-27-42-35-29(23-24-30(39)34(35)40)32(37(42)43)33-36-31(25-28-45-36)41(38(33)44)26-21-19-10-8-6-4-2/h23-25,28H,3-22,26-27H2,1-2H3/b33-32-. The maximum absolute atomic E-state index is 15.6. The second kappa shape index (κ2) is 19.0. The number of halogens is 2. The van der Waals surface area contributed by atoms with E-state index < -0.39 is 5.82 Å². The molecule has 45 heavy (non-hydrogen) atoms. The van der Waals surface area contributed by atoms with Crippen LogP contribution >= 0.6 is 27.3 Å². The van der Waals surface area contributed by atoms with Crippen LogP contribution in [-0.4, -0.2) is 24.9 Å². The SMILES string of the molecule is CCCCCCCCCCCCCCCCN1C(=O)/C(=C2\C(=O)N(CCCCCCCC)c3ccsc32)c2ccc(Br)c(F)c21. The van der Waals surface area contributed by atoms with E-state index in [0.29, 0.717) is 40.0 Å². The number of nitrogens with zero attached hydrogens (tertiary/aromatic N) is 2. The van der Waals surface area contributed by atoms with E-state index in [0.717, 1.165) is 42.7 Å². The van der Waals surface area contributed by atoms with Crippen molar-refractivity contribution in [2.45, 2.75) is 142 Å². The number of rotatable bonds is 22. The molecule has 4 rings (SSSR count). The first-order chi connectivity index (χ1) is 22.0. The predicted octanol–water partition coefficient (Wildman–Crippen LogP) is 12.1. The molecule has 0 radical (unpaired) electrons. The zero-order valence-corrected chi connectivity index (χ0v) is 30.1. The summed E-state index contributed by atoms with van der Waals surface area (Å²) in [7, 11) is 0. The van der Waals surface area contributed by atoms with Crippen LogP contribution in [0.2, 0.25) is 0 Å². The van der Waals surface area contributed by atoms with Crippen LogP contribution in [0.1, 0.15) is 153 Å². The molecule has 4 nitrogen and oxygen atoms in total. The van der Waals surface area contributed by atoms with Crippen LogP contribution in [0.25, 0.3) is 11.1 Å². The van der Waals surface area contributed by atoms with Gasteiger partial charge in [-0.3, -0.25) is 9.59 Å². The molecule has 0 atom stereocenters. The van der Waals surface area contributed by atoms with Crippen molar-refractivity contribution in [2.24, 2.45) is 0 Å². The van der Waals surface area contributed by atoms with E-state index in [1.165, 1.54) is 108 Å². The summed E-state index contributed by atoms with van der Waals surface area (Å²) in [5.41, 5.74) is 2.55. The van der Waals surface area contributed by atoms with Gasteiger partial charge in [0.1, 0.15) is 0 Å². The van der Waals surface area contributed by atoms with Gasteiger partial charge in [-0.25, -0.2) is 4.39 Å². The number of hydrogen-bond acceptors (Lipinski definition) is 3. The van der Waals surface area contributed by atoms with Gasteiger partial charge in [0.2, 0.25) is 0 Å². The van der Waals surface area contributed by atoms with Crippen molar-refractivity contribution in [3.8, 4) is 0 Å². The Morgan fingerprint density at radius 3 is 1.62 bits per heavy atom. The highest BCUT2D eigenvalue weighted by atomic mass is 79.9. The molecule has 0 aliphatic carbocycles. The molecule has 2 amide bonds. The summed E-state index contributed by atoms with van der Waals surface area (Å²) in [6.45, 7) is 5.58. The number of amides is 2. The van der Waals surface area contributed by atoms with E-state index in [1.807, 2.05) is 16.3 Å². The predicted molar refractivity (Wildman–Crippen MR) is 194 cm³/mol. The van der Waals surface area contributed by atoms with Crippen molar-refractivity contribution >= 4 is 61.6 Å². The zero-order chi connectivity index (χ0) is 32.0. The van der Waals surface area contributed by atoms with E-state index in [-0.39, 0.29) is 11.8 Å². The monoisotopic (exact) mass is 700 g/mol. The molecule has 248 valence electrons. The van der Waals surface area contributed by atoms with Gasteiger partial charge >= 0.3 is 0 Å². The number of anilines is 2.